The first-order chi connectivity index (χ1) is 12.5. The Morgan fingerprint density at radius 3 is 2.58 bits per heavy atom. The van der Waals surface area contributed by atoms with Crippen LogP contribution in [0.15, 0.2) is 58.4 Å². The molecule has 0 radical (unpaired) electrons. The maximum absolute atomic E-state index is 12.3. The van der Waals surface area contributed by atoms with Gasteiger partial charge in [-0.05, 0) is 50.2 Å². The minimum Gasteiger partial charge on any atom is -0.411 e. The molecule has 26 heavy (non-hydrogen) atoms. The third-order valence-electron chi connectivity index (χ3n) is 3.52. The van der Waals surface area contributed by atoms with Crippen LogP contribution in [0.3, 0.4) is 0 Å². The zero-order valence-electron chi connectivity index (χ0n) is 14.2. The molecule has 1 amide bonds. The summed E-state index contributed by atoms with van der Waals surface area (Å²) < 4.78 is 5.57. The topological polar surface area (TPSA) is 98.0 Å². The van der Waals surface area contributed by atoms with E-state index in [0.29, 0.717) is 22.4 Å². The number of ketones is 1. The molecule has 0 saturated heterocycles. The molecule has 7 nitrogen and oxygen atoms in total. The van der Waals surface area contributed by atoms with E-state index in [1.165, 1.54) is 18.7 Å². The number of benzene rings is 1. The number of rotatable bonds is 6. The van der Waals surface area contributed by atoms with E-state index in [1.54, 1.807) is 49.6 Å². The Hall–Kier alpha value is -3.00. The SMILES string of the molecule is CC(=O)c1ccc(NC(=O)C(C)Sc2nnc(-c3cccnc3)o2)cc1. The second-order valence-electron chi connectivity index (χ2n) is 5.50. The van der Waals surface area contributed by atoms with Crippen molar-refractivity contribution in [3.8, 4) is 11.5 Å². The van der Waals surface area contributed by atoms with E-state index in [4.69, 9.17) is 4.42 Å². The molecule has 0 aliphatic heterocycles. The van der Waals surface area contributed by atoms with Gasteiger partial charge in [-0.2, -0.15) is 0 Å². The fourth-order valence-corrected chi connectivity index (χ4v) is 2.78. The molecule has 0 fully saturated rings. The highest BCUT2D eigenvalue weighted by Crippen LogP contribution is 2.26. The van der Waals surface area contributed by atoms with Gasteiger partial charge in [0.1, 0.15) is 0 Å². The second-order valence-corrected chi connectivity index (χ2v) is 6.79. The number of pyridine rings is 1. The normalized spacial score (nSPS) is 11.8. The lowest BCUT2D eigenvalue weighted by Crippen LogP contribution is -2.22. The molecule has 2 heterocycles. The molecular weight excluding hydrogens is 352 g/mol. The van der Waals surface area contributed by atoms with Crippen molar-refractivity contribution in [1.82, 2.24) is 15.2 Å². The maximum atomic E-state index is 12.3. The standard InChI is InChI=1S/C18H16N4O3S/c1-11(23)13-5-7-15(8-6-13)20-16(24)12(2)26-18-22-21-17(25-18)14-4-3-9-19-10-14/h3-10,12H,1-2H3,(H,20,24). The van der Waals surface area contributed by atoms with E-state index in [2.05, 4.69) is 20.5 Å². The molecule has 3 aromatic rings. The summed E-state index contributed by atoms with van der Waals surface area (Å²) in [7, 11) is 0. The molecule has 1 N–H and O–H groups in total. The molecule has 3 rings (SSSR count). The van der Waals surface area contributed by atoms with Gasteiger partial charge in [0.25, 0.3) is 5.22 Å². The van der Waals surface area contributed by atoms with Crippen LogP contribution >= 0.6 is 11.8 Å². The van der Waals surface area contributed by atoms with Gasteiger partial charge in [0.2, 0.25) is 11.8 Å². The average molecular weight is 368 g/mol. The Morgan fingerprint density at radius 2 is 1.92 bits per heavy atom. The van der Waals surface area contributed by atoms with Gasteiger partial charge in [-0.1, -0.05) is 11.8 Å². The van der Waals surface area contributed by atoms with Crippen molar-refractivity contribution < 1.29 is 14.0 Å². The minimum absolute atomic E-state index is 0.0207. The molecule has 8 heteroatoms. The number of carbonyl (C=O) groups excluding carboxylic acids is 2. The van der Waals surface area contributed by atoms with Crippen molar-refractivity contribution in [1.29, 1.82) is 0 Å². The number of thioether (sulfide) groups is 1. The van der Waals surface area contributed by atoms with E-state index >= 15 is 0 Å². The number of amides is 1. The highest BCUT2D eigenvalue weighted by Gasteiger charge is 2.19. The van der Waals surface area contributed by atoms with Gasteiger partial charge in [0.05, 0.1) is 10.8 Å². The van der Waals surface area contributed by atoms with Crippen LogP contribution in [0.5, 0.6) is 0 Å². The van der Waals surface area contributed by atoms with Crippen molar-refractivity contribution in [2.45, 2.75) is 24.3 Å². The third kappa shape index (κ3) is 4.34. The molecule has 0 saturated carbocycles. The summed E-state index contributed by atoms with van der Waals surface area (Å²) in [6, 6.07) is 10.3. The number of nitrogens with one attached hydrogen (secondary N) is 1. The van der Waals surface area contributed by atoms with Crippen LogP contribution in [0.1, 0.15) is 24.2 Å². The first kappa shape index (κ1) is 17.8. The molecular formula is C18H16N4O3S. The molecule has 1 atom stereocenters. The quantitative estimate of drug-likeness (QED) is 0.525. The van der Waals surface area contributed by atoms with Crippen molar-refractivity contribution >= 4 is 29.1 Å². The summed E-state index contributed by atoms with van der Waals surface area (Å²) in [5.41, 5.74) is 1.93. The summed E-state index contributed by atoms with van der Waals surface area (Å²) in [4.78, 5) is 27.6. The molecule has 0 aliphatic rings. The molecule has 0 spiro atoms. The Kier molecular flexibility index (Phi) is 5.43. The van der Waals surface area contributed by atoms with Crippen LogP contribution < -0.4 is 5.32 Å². The van der Waals surface area contributed by atoms with Gasteiger partial charge in [-0.3, -0.25) is 14.6 Å². The van der Waals surface area contributed by atoms with Crippen LogP contribution in [0.2, 0.25) is 0 Å². The molecule has 0 aliphatic carbocycles. The first-order valence-corrected chi connectivity index (χ1v) is 8.73. The Labute approximate surface area is 154 Å². The van der Waals surface area contributed by atoms with Gasteiger partial charge < -0.3 is 9.73 Å². The fourth-order valence-electron chi connectivity index (χ4n) is 2.10. The largest absolute Gasteiger partial charge is 0.411 e. The van der Waals surface area contributed by atoms with Crippen molar-refractivity contribution in [2.24, 2.45) is 0 Å². The van der Waals surface area contributed by atoms with Gasteiger partial charge in [-0.25, -0.2) is 0 Å². The zero-order chi connectivity index (χ0) is 18.5. The lowest BCUT2D eigenvalue weighted by molar-refractivity contribution is -0.115. The predicted octanol–water partition coefficient (Wildman–Crippen LogP) is 3.45. The van der Waals surface area contributed by atoms with Gasteiger partial charge >= 0.3 is 0 Å². The summed E-state index contributed by atoms with van der Waals surface area (Å²) in [6.45, 7) is 3.24. The molecule has 1 aromatic carbocycles. The Bertz CT molecular complexity index is 910. The number of hydrogen-bond acceptors (Lipinski definition) is 7. The van der Waals surface area contributed by atoms with Gasteiger partial charge in [-0.15, -0.1) is 10.2 Å². The highest BCUT2D eigenvalue weighted by atomic mass is 32.2. The molecule has 1 unspecified atom stereocenters. The van der Waals surface area contributed by atoms with E-state index < -0.39 is 5.25 Å². The number of carbonyl (C=O) groups is 2. The lowest BCUT2D eigenvalue weighted by Gasteiger charge is -2.10. The van der Waals surface area contributed by atoms with Crippen molar-refractivity contribution in [3.63, 3.8) is 0 Å². The van der Waals surface area contributed by atoms with Gasteiger partial charge in [0, 0.05) is 23.6 Å². The molecule has 0 bridgehead atoms. The highest BCUT2D eigenvalue weighted by molar-refractivity contribution is 8.00. The van der Waals surface area contributed by atoms with Crippen LogP contribution in [-0.4, -0.2) is 32.1 Å². The van der Waals surface area contributed by atoms with Gasteiger partial charge in [0.15, 0.2) is 5.78 Å². The van der Waals surface area contributed by atoms with Crippen molar-refractivity contribution in [3.05, 3.63) is 54.4 Å². The van der Waals surface area contributed by atoms with Crippen LogP contribution in [0.25, 0.3) is 11.5 Å². The minimum atomic E-state index is -0.440. The molecule has 2 aromatic heterocycles. The summed E-state index contributed by atoms with van der Waals surface area (Å²) >= 11 is 1.17. The molecule has 132 valence electrons. The average Bonchev–Trinajstić information content (AvgIpc) is 3.11. The monoisotopic (exact) mass is 368 g/mol. The third-order valence-corrected chi connectivity index (χ3v) is 4.45. The van der Waals surface area contributed by atoms with Crippen LogP contribution in [0, 0.1) is 0 Å². The number of Topliss-reactive ketones (excluding diaryl/α,β-unsaturated/α-hetero) is 1. The zero-order valence-corrected chi connectivity index (χ0v) is 15.0. The summed E-state index contributed by atoms with van der Waals surface area (Å²) in [5, 5.41) is 10.6. The smallest absolute Gasteiger partial charge is 0.277 e. The predicted molar refractivity (Wildman–Crippen MR) is 97.9 cm³/mol. The Balaban J connectivity index is 1.61. The number of aromatic nitrogens is 3. The maximum Gasteiger partial charge on any atom is 0.277 e. The Morgan fingerprint density at radius 1 is 1.15 bits per heavy atom. The van der Waals surface area contributed by atoms with Crippen molar-refractivity contribution in [2.75, 3.05) is 5.32 Å². The van der Waals surface area contributed by atoms with Crippen LogP contribution in [0.4, 0.5) is 5.69 Å². The van der Waals surface area contributed by atoms with E-state index in [9.17, 15) is 9.59 Å². The summed E-state index contributed by atoms with van der Waals surface area (Å²) in [5.74, 6) is 0.132. The second kappa shape index (κ2) is 7.92. The fraction of sp³-hybridized carbons (Fsp3) is 0.167. The van der Waals surface area contributed by atoms with E-state index in [1.807, 2.05) is 6.07 Å². The van der Waals surface area contributed by atoms with Crippen LogP contribution in [-0.2, 0) is 4.79 Å². The summed E-state index contributed by atoms with van der Waals surface area (Å²) in [6.07, 6.45) is 3.29. The van der Waals surface area contributed by atoms with E-state index in [-0.39, 0.29) is 11.7 Å². The lowest BCUT2D eigenvalue weighted by atomic mass is 10.1. The number of anilines is 1. The number of nitrogens with zero attached hydrogens (tertiary/aromatic N) is 3. The number of hydrogen-bond donors (Lipinski definition) is 1. The first-order valence-electron chi connectivity index (χ1n) is 7.85. The van der Waals surface area contributed by atoms with E-state index in [0.717, 1.165) is 5.56 Å².